The standard InChI is InChI=1S/C15H13FN2O2S/c1-20-13-7-12(18)5-6-14(13)21(19)9-11-4-2-3-10(8-17)15(11)16/h2-7H,9,18H2,1H3. The van der Waals surface area contributed by atoms with E-state index in [0.717, 1.165) is 0 Å². The highest BCUT2D eigenvalue weighted by atomic mass is 32.2. The summed E-state index contributed by atoms with van der Waals surface area (Å²) >= 11 is 0. The van der Waals surface area contributed by atoms with Crippen LogP contribution in [0.5, 0.6) is 5.75 Å². The average Bonchev–Trinajstić information content (AvgIpc) is 2.49. The number of methoxy groups -OCH3 is 1. The van der Waals surface area contributed by atoms with E-state index in [1.54, 1.807) is 30.3 Å². The van der Waals surface area contributed by atoms with Crippen molar-refractivity contribution in [2.24, 2.45) is 0 Å². The maximum atomic E-state index is 14.0. The van der Waals surface area contributed by atoms with Gasteiger partial charge in [0.1, 0.15) is 17.6 Å². The molecule has 4 nitrogen and oxygen atoms in total. The number of rotatable bonds is 4. The van der Waals surface area contributed by atoms with E-state index < -0.39 is 16.6 Å². The van der Waals surface area contributed by atoms with Crippen molar-refractivity contribution in [3.8, 4) is 11.8 Å². The fraction of sp³-hybridized carbons (Fsp3) is 0.133. The van der Waals surface area contributed by atoms with E-state index in [-0.39, 0.29) is 16.9 Å². The van der Waals surface area contributed by atoms with Gasteiger partial charge in [-0.15, -0.1) is 0 Å². The average molecular weight is 304 g/mol. The predicted octanol–water partition coefficient (Wildman–Crippen LogP) is 2.60. The maximum absolute atomic E-state index is 14.0. The Morgan fingerprint density at radius 2 is 2.14 bits per heavy atom. The normalized spacial score (nSPS) is 11.7. The van der Waals surface area contributed by atoms with Crippen LogP contribution in [-0.2, 0) is 16.6 Å². The molecule has 0 saturated carbocycles. The van der Waals surface area contributed by atoms with E-state index >= 15 is 0 Å². The van der Waals surface area contributed by atoms with Crippen molar-refractivity contribution < 1.29 is 13.3 Å². The van der Waals surface area contributed by atoms with Gasteiger partial charge in [-0.05, 0) is 18.2 Å². The Morgan fingerprint density at radius 1 is 1.38 bits per heavy atom. The van der Waals surface area contributed by atoms with Gasteiger partial charge in [0.2, 0.25) is 0 Å². The number of hydrogen-bond donors (Lipinski definition) is 1. The molecule has 1 atom stereocenters. The second-order valence-corrected chi connectivity index (χ2v) is 5.71. The summed E-state index contributed by atoms with van der Waals surface area (Å²) in [6.07, 6.45) is 0. The molecule has 6 heteroatoms. The fourth-order valence-corrected chi connectivity index (χ4v) is 3.12. The summed E-state index contributed by atoms with van der Waals surface area (Å²) in [7, 11) is -0.0538. The van der Waals surface area contributed by atoms with Crippen LogP contribution in [0.15, 0.2) is 41.3 Å². The summed E-state index contributed by atoms with van der Waals surface area (Å²) in [6.45, 7) is 0. The molecule has 0 fully saturated rings. The number of hydrogen-bond acceptors (Lipinski definition) is 4. The van der Waals surface area contributed by atoms with Crippen molar-refractivity contribution in [3.05, 3.63) is 53.3 Å². The first-order valence-electron chi connectivity index (χ1n) is 6.06. The lowest BCUT2D eigenvalue weighted by atomic mass is 10.1. The molecule has 21 heavy (non-hydrogen) atoms. The Bertz CT molecular complexity index is 741. The van der Waals surface area contributed by atoms with Crippen molar-refractivity contribution >= 4 is 16.5 Å². The van der Waals surface area contributed by atoms with Gasteiger partial charge in [0, 0.05) is 17.3 Å². The van der Waals surface area contributed by atoms with E-state index in [0.29, 0.717) is 16.3 Å². The molecule has 2 aromatic carbocycles. The minimum Gasteiger partial charge on any atom is -0.495 e. The van der Waals surface area contributed by atoms with Crippen molar-refractivity contribution in [2.75, 3.05) is 12.8 Å². The molecule has 0 amide bonds. The topological polar surface area (TPSA) is 76.1 Å². The van der Waals surface area contributed by atoms with Crippen molar-refractivity contribution in [1.82, 2.24) is 0 Å². The van der Waals surface area contributed by atoms with E-state index in [9.17, 15) is 8.60 Å². The molecule has 0 aliphatic carbocycles. The number of benzene rings is 2. The second-order valence-electron chi connectivity index (χ2n) is 4.29. The Labute approximate surface area is 124 Å². The summed E-state index contributed by atoms with van der Waals surface area (Å²) < 4.78 is 31.5. The van der Waals surface area contributed by atoms with Gasteiger partial charge in [0.25, 0.3) is 0 Å². The lowest BCUT2D eigenvalue weighted by Crippen LogP contribution is -2.03. The molecule has 2 rings (SSSR count). The molecule has 0 aliphatic rings. The molecule has 0 saturated heterocycles. The number of ether oxygens (including phenoxy) is 1. The summed E-state index contributed by atoms with van der Waals surface area (Å²) in [5, 5.41) is 8.81. The Kier molecular flexibility index (Phi) is 4.55. The summed E-state index contributed by atoms with van der Waals surface area (Å²) in [5.41, 5.74) is 6.30. The molecule has 0 aliphatic heterocycles. The van der Waals surface area contributed by atoms with E-state index in [1.807, 2.05) is 0 Å². The van der Waals surface area contributed by atoms with Crippen LogP contribution in [0.3, 0.4) is 0 Å². The van der Waals surface area contributed by atoms with Gasteiger partial charge in [-0.25, -0.2) is 4.39 Å². The number of anilines is 1. The van der Waals surface area contributed by atoms with Gasteiger partial charge in [-0.2, -0.15) is 5.26 Å². The number of nitrogens with two attached hydrogens (primary N) is 1. The first-order valence-corrected chi connectivity index (χ1v) is 7.38. The number of nitriles is 1. The minimum absolute atomic E-state index is 0.0400. The molecule has 0 radical (unpaired) electrons. The van der Waals surface area contributed by atoms with E-state index in [2.05, 4.69) is 0 Å². The zero-order valence-electron chi connectivity index (χ0n) is 11.3. The molecule has 0 bridgehead atoms. The highest BCUT2D eigenvalue weighted by molar-refractivity contribution is 7.84. The van der Waals surface area contributed by atoms with Crippen LogP contribution >= 0.6 is 0 Å². The summed E-state index contributed by atoms with van der Waals surface area (Å²) in [5.74, 6) is -0.283. The van der Waals surface area contributed by atoms with Gasteiger partial charge in [0.05, 0.1) is 34.1 Å². The second kappa shape index (κ2) is 6.37. The zero-order valence-corrected chi connectivity index (χ0v) is 12.1. The van der Waals surface area contributed by atoms with Crippen LogP contribution in [0, 0.1) is 17.1 Å². The molecule has 0 aromatic heterocycles. The highest BCUT2D eigenvalue weighted by Gasteiger charge is 2.15. The number of halogens is 1. The first-order chi connectivity index (χ1) is 10.1. The Morgan fingerprint density at radius 3 is 2.81 bits per heavy atom. The third-order valence-corrected chi connectivity index (χ3v) is 4.32. The quantitative estimate of drug-likeness (QED) is 0.881. The number of nitrogen functional groups attached to an aromatic ring is 1. The first kappa shape index (κ1) is 15.0. The summed E-state index contributed by atoms with van der Waals surface area (Å²) in [6, 6.07) is 11.0. The van der Waals surface area contributed by atoms with Gasteiger partial charge in [-0.1, -0.05) is 12.1 Å². The van der Waals surface area contributed by atoms with Gasteiger partial charge >= 0.3 is 0 Å². The third kappa shape index (κ3) is 3.20. The van der Waals surface area contributed by atoms with Crippen LogP contribution in [0.4, 0.5) is 10.1 Å². The lowest BCUT2D eigenvalue weighted by molar-refractivity contribution is 0.404. The molecule has 0 spiro atoms. The molecule has 2 N–H and O–H groups in total. The Balaban J connectivity index is 2.33. The molecular weight excluding hydrogens is 291 g/mol. The van der Waals surface area contributed by atoms with Gasteiger partial charge in [0.15, 0.2) is 0 Å². The maximum Gasteiger partial charge on any atom is 0.145 e. The van der Waals surface area contributed by atoms with Crippen LogP contribution in [-0.4, -0.2) is 11.3 Å². The van der Waals surface area contributed by atoms with Crippen LogP contribution in [0.2, 0.25) is 0 Å². The van der Waals surface area contributed by atoms with Crippen LogP contribution < -0.4 is 10.5 Å². The molecule has 2 aromatic rings. The van der Waals surface area contributed by atoms with E-state index in [4.69, 9.17) is 15.7 Å². The minimum atomic E-state index is -1.50. The molecular formula is C15H13FN2O2S. The van der Waals surface area contributed by atoms with Gasteiger partial charge < -0.3 is 10.5 Å². The Hall–Kier alpha value is -2.39. The largest absolute Gasteiger partial charge is 0.495 e. The highest BCUT2D eigenvalue weighted by Crippen LogP contribution is 2.27. The lowest BCUT2D eigenvalue weighted by Gasteiger charge is -2.10. The van der Waals surface area contributed by atoms with Crippen LogP contribution in [0.1, 0.15) is 11.1 Å². The molecule has 0 heterocycles. The molecule has 1 unspecified atom stereocenters. The zero-order chi connectivity index (χ0) is 15.4. The fourth-order valence-electron chi connectivity index (χ4n) is 1.87. The van der Waals surface area contributed by atoms with Crippen molar-refractivity contribution in [1.29, 1.82) is 5.26 Å². The van der Waals surface area contributed by atoms with Crippen molar-refractivity contribution in [2.45, 2.75) is 10.6 Å². The SMILES string of the molecule is COc1cc(N)ccc1S(=O)Cc1cccc(C#N)c1F. The van der Waals surface area contributed by atoms with E-state index in [1.165, 1.54) is 19.2 Å². The van der Waals surface area contributed by atoms with Crippen LogP contribution in [0.25, 0.3) is 0 Å². The monoisotopic (exact) mass is 304 g/mol. The number of nitrogens with zero attached hydrogens (tertiary/aromatic N) is 1. The molecule has 108 valence electrons. The predicted molar refractivity (Wildman–Crippen MR) is 78.6 cm³/mol. The van der Waals surface area contributed by atoms with Crippen molar-refractivity contribution in [3.63, 3.8) is 0 Å². The van der Waals surface area contributed by atoms with Gasteiger partial charge in [-0.3, -0.25) is 4.21 Å². The smallest absolute Gasteiger partial charge is 0.145 e. The third-order valence-electron chi connectivity index (χ3n) is 2.92. The summed E-state index contributed by atoms with van der Waals surface area (Å²) in [4.78, 5) is 0.438.